The molecule has 0 atom stereocenters. The summed E-state index contributed by atoms with van der Waals surface area (Å²) >= 11 is 0. The molecule has 0 fully saturated rings. The molecule has 0 radical (unpaired) electrons. The number of ether oxygens (including phenoxy) is 3. The van der Waals surface area contributed by atoms with Crippen molar-refractivity contribution in [2.75, 3.05) is 23.8 Å². The molecule has 0 aromatic heterocycles. The summed E-state index contributed by atoms with van der Waals surface area (Å²) in [6.07, 6.45) is 1.12. The minimum absolute atomic E-state index is 0.00145. The van der Waals surface area contributed by atoms with Crippen molar-refractivity contribution < 1.29 is 33.4 Å². The van der Waals surface area contributed by atoms with Crippen molar-refractivity contribution in [1.82, 2.24) is 0 Å². The first-order valence-electron chi connectivity index (χ1n) is 12.7. The summed E-state index contributed by atoms with van der Waals surface area (Å²) in [4.78, 5) is 48.0. The molecule has 0 saturated carbocycles. The SMILES string of the molecule is CCCOC(=O)c1ccc(NC(=O)COC(=O)CCCC(=O)Nc2ccc(Oc3cccc(C)c3)cc2)cc1. The zero-order valence-electron chi connectivity index (χ0n) is 22.0. The Kier molecular flexibility index (Phi) is 11.1. The van der Waals surface area contributed by atoms with E-state index in [1.165, 1.54) is 12.1 Å². The summed E-state index contributed by atoms with van der Waals surface area (Å²) in [5.74, 6) is -0.388. The molecule has 9 nitrogen and oxygen atoms in total. The number of amides is 2. The van der Waals surface area contributed by atoms with Crippen LogP contribution in [0.15, 0.2) is 72.8 Å². The number of benzene rings is 3. The third kappa shape index (κ3) is 10.3. The van der Waals surface area contributed by atoms with Gasteiger partial charge in [-0.15, -0.1) is 0 Å². The standard InChI is InChI=1S/C30H32N2O7/c1-3-18-37-30(36)22-10-12-23(13-11-22)32-28(34)20-38-29(35)9-5-8-27(33)31-24-14-16-25(17-15-24)39-26-7-4-6-21(2)19-26/h4,6-7,10-17,19H,3,5,8-9,18,20H2,1-2H3,(H,31,33)(H,32,34). The fourth-order valence-corrected chi connectivity index (χ4v) is 3.42. The van der Waals surface area contributed by atoms with Crippen LogP contribution in [0.3, 0.4) is 0 Å². The third-order valence-electron chi connectivity index (χ3n) is 5.35. The van der Waals surface area contributed by atoms with E-state index in [-0.39, 0.29) is 25.2 Å². The number of anilines is 2. The molecule has 0 bridgehead atoms. The number of hydrogen-bond acceptors (Lipinski definition) is 7. The topological polar surface area (TPSA) is 120 Å². The molecule has 204 valence electrons. The number of carbonyl (C=O) groups excluding carboxylic acids is 4. The predicted molar refractivity (Wildman–Crippen MR) is 147 cm³/mol. The van der Waals surface area contributed by atoms with Gasteiger partial charge in [0.1, 0.15) is 11.5 Å². The second kappa shape index (κ2) is 14.9. The summed E-state index contributed by atoms with van der Waals surface area (Å²) in [5.41, 5.74) is 2.54. The highest BCUT2D eigenvalue weighted by Crippen LogP contribution is 2.23. The van der Waals surface area contributed by atoms with E-state index < -0.39 is 24.5 Å². The second-order valence-corrected chi connectivity index (χ2v) is 8.77. The van der Waals surface area contributed by atoms with Gasteiger partial charge in [-0.3, -0.25) is 14.4 Å². The predicted octanol–water partition coefficient (Wildman–Crippen LogP) is 5.64. The van der Waals surface area contributed by atoms with Crippen molar-refractivity contribution in [2.24, 2.45) is 0 Å². The van der Waals surface area contributed by atoms with Gasteiger partial charge < -0.3 is 24.8 Å². The van der Waals surface area contributed by atoms with Gasteiger partial charge in [-0.05, 0) is 86.0 Å². The Morgan fingerprint density at radius 1 is 0.744 bits per heavy atom. The van der Waals surface area contributed by atoms with Gasteiger partial charge in [0, 0.05) is 24.2 Å². The van der Waals surface area contributed by atoms with Gasteiger partial charge in [0.15, 0.2) is 6.61 Å². The highest BCUT2D eigenvalue weighted by Gasteiger charge is 2.11. The van der Waals surface area contributed by atoms with E-state index in [4.69, 9.17) is 14.2 Å². The zero-order valence-corrected chi connectivity index (χ0v) is 22.0. The van der Waals surface area contributed by atoms with E-state index in [0.29, 0.717) is 29.3 Å². The first-order chi connectivity index (χ1) is 18.8. The summed E-state index contributed by atoms with van der Waals surface area (Å²) < 4.78 is 15.8. The van der Waals surface area contributed by atoms with Crippen LogP contribution in [0.2, 0.25) is 0 Å². The average molecular weight is 533 g/mol. The van der Waals surface area contributed by atoms with Crippen LogP contribution in [0, 0.1) is 6.92 Å². The van der Waals surface area contributed by atoms with Crippen molar-refractivity contribution >= 4 is 35.1 Å². The zero-order chi connectivity index (χ0) is 28.0. The van der Waals surface area contributed by atoms with Crippen LogP contribution in [0.25, 0.3) is 0 Å². The molecule has 3 aromatic carbocycles. The van der Waals surface area contributed by atoms with E-state index in [1.54, 1.807) is 36.4 Å². The number of carbonyl (C=O) groups is 4. The van der Waals surface area contributed by atoms with Gasteiger partial charge in [-0.1, -0.05) is 19.1 Å². The Balaban J connectivity index is 1.31. The Morgan fingerprint density at radius 2 is 1.41 bits per heavy atom. The van der Waals surface area contributed by atoms with Crippen LogP contribution in [0.4, 0.5) is 11.4 Å². The molecule has 0 aliphatic rings. The van der Waals surface area contributed by atoms with Crippen molar-refractivity contribution in [1.29, 1.82) is 0 Å². The molecule has 2 N–H and O–H groups in total. The average Bonchev–Trinajstić information content (AvgIpc) is 2.92. The molecule has 0 aliphatic carbocycles. The van der Waals surface area contributed by atoms with Crippen molar-refractivity contribution in [3.05, 3.63) is 83.9 Å². The maximum Gasteiger partial charge on any atom is 0.338 e. The molecule has 0 saturated heterocycles. The van der Waals surface area contributed by atoms with Crippen LogP contribution < -0.4 is 15.4 Å². The van der Waals surface area contributed by atoms with Gasteiger partial charge >= 0.3 is 11.9 Å². The maximum absolute atomic E-state index is 12.2. The number of esters is 2. The fourth-order valence-electron chi connectivity index (χ4n) is 3.42. The first kappa shape index (κ1) is 28.9. The maximum atomic E-state index is 12.2. The van der Waals surface area contributed by atoms with Gasteiger partial charge in [-0.25, -0.2) is 4.79 Å². The highest BCUT2D eigenvalue weighted by molar-refractivity contribution is 5.94. The number of aryl methyl sites for hydroxylation is 1. The van der Waals surface area contributed by atoms with Crippen LogP contribution >= 0.6 is 0 Å². The molecule has 3 rings (SSSR count). The third-order valence-corrected chi connectivity index (χ3v) is 5.35. The summed E-state index contributed by atoms with van der Waals surface area (Å²) in [5, 5.41) is 5.36. The number of nitrogens with one attached hydrogen (secondary N) is 2. The fraction of sp³-hybridized carbons (Fsp3) is 0.267. The van der Waals surface area contributed by atoms with E-state index in [2.05, 4.69) is 10.6 Å². The summed E-state index contributed by atoms with van der Waals surface area (Å²) in [7, 11) is 0. The van der Waals surface area contributed by atoms with Crippen molar-refractivity contribution in [3.63, 3.8) is 0 Å². The smallest absolute Gasteiger partial charge is 0.338 e. The Labute approximate surface area is 227 Å². The second-order valence-electron chi connectivity index (χ2n) is 8.77. The first-order valence-corrected chi connectivity index (χ1v) is 12.7. The lowest BCUT2D eigenvalue weighted by Gasteiger charge is -2.09. The van der Waals surface area contributed by atoms with E-state index in [1.807, 2.05) is 38.1 Å². The van der Waals surface area contributed by atoms with Crippen LogP contribution in [-0.4, -0.2) is 37.0 Å². The Morgan fingerprint density at radius 3 is 2.08 bits per heavy atom. The van der Waals surface area contributed by atoms with Crippen LogP contribution in [0.5, 0.6) is 11.5 Å². The Hall–Kier alpha value is -4.66. The largest absolute Gasteiger partial charge is 0.462 e. The van der Waals surface area contributed by atoms with Crippen LogP contribution in [-0.2, 0) is 23.9 Å². The molecule has 2 amide bonds. The summed E-state index contributed by atoms with van der Waals surface area (Å²) in [6, 6.07) is 20.9. The minimum Gasteiger partial charge on any atom is -0.462 e. The quantitative estimate of drug-likeness (QED) is 0.273. The normalized spacial score (nSPS) is 10.3. The van der Waals surface area contributed by atoms with E-state index in [0.717, 1.165) is 17.7 Å². The molecule has 9 heteroatoms. The number of hydrogen-bond donors (Lipinski definition) is 2. The summed E-state index contributed by atoms with van der Waals surface area (Å²) in [6.45, 7) is 3.77. The van der Waals surface area contributed by atoms with Gasteiger partial charge in [0.2, 0.25) is 5.91 Å². The molecule has 39 heavy (non-hydrogen) atoms. The lowest BCUT2D eigenvalue weighted by molar-refractivity contribution is -0.147. The molecule has 0 aliphatic heterocycles. The van der Waals surface area contributed by atoms with Crippen LogP contribution in [0.1, 0.15) is 48.5 Å². The van der Waals surface area contributed by atoms with E-state index in [9.17, 15) is 19.2 Å². The molecular formula is C30H32N2O7. The molecule has 0 heterocycles. The van der Waals surface area contributed by atoms with Gasteiger partial charge in [-0.2, -0.15) is 0 Å². The molecule has 3 aromatic rings. The lowest BCUT2D eigenvalue weighted by Crippen LogP contribution is -2.21. The van der Waals surface area contributed by atoms with Gasteiger partial charge in [0.25, 0.3) is 5.91 Å². The molecule has 0 spiro atoms. The Bertz CT molecular complexity index is 1270. The van der Waals surface area contributed by atoms with E-state index >= 15 is 0 Å². The minimum atomic E-state index is -0.579. The molecule has 0 unspecified atom stereocenters. The monoisotopic (exact) mass is 532 g/mol. The molecular weight excluding hydrogens is 500 g/mol. The highest BCUT2D eigenvalue weighted by atomic mass is 16.5. The van der Waals surface area contributed by atoms with Gasteiger partial charge in [0.05, 0.1) is 12.2 Å². The van der Waals surface area contributed by atoms with Crippen molar-refractivity contribution in [2.45, 2.75) is 39.5 Å². The van der Waals surface area contributed by atoms with Crippen molar-refractivity contribution in [3.8, 4) is 11.5 Å². The lowest BCUT2D eigenvalue weighted by atomic mass is 10.2. The number of rotatable bonds is 13.